The van der Waals surface area contributed by atoms with Crippen molar-refractivity contribution in [3.05, 3.63) is 46.8 Å². The van der Waals surface area contributed by atoms with Crippen molar-refractivity contribution in [3.8, 4) is 0 Å². The number of carbonyl (C=O) groups is 1. The number of hydrogen-bond acceptors (Lipinski definition) is 4. The van der Waals surface area contributed by atoms with E-state index < -0.39 is 0 Å². The van der Waals surface area contributed by atoms with Gasteiger partial charge in [-0.25, -0.2) is 4.68 Å². The molecule has 1 saturated carbocycles. The third-order valence-corrected chi connectivity index (χ3v) is 5.45. The zero-order valence-corrected chi connectivity index (χ0v) is 15.3. The van der Waals surface area contributed by atoms with E-state index in [1.807, 2.05) is 4.68 Å². The molecule has 1 aliphatic heterocycles. The quantitative estimate of drug-likeness (QED) is 0.859. The molecule has 1 fully saturated rings. The van der Waals surface area contributed by atoms with Crippen LogP contribution in [0.5, 0.6) is 0 Å². The Hall–Kier alpha value is -2.21. The van der Waals surface area contributed by atoms with Crippen molar-refractivity contribution in [1.82, 2.24) is 20.3 Å². The molecule has 1 atom stereocenters. The van der Waals surface area contributed by atoms with Crippen LogP contribution in [0.4, 0.5) is 0 Å². The number of aromatic nitrogens is 3. The lowest BCUT2D eigenvalue weighted by molar-refractivity contribution is -0.00179. The third kappa shape index (κ3) is 3.65. The normalized spacial score (nSPS) is 21.0. The van der Waals surface area contributed by atoms with E-state index in [1.54, 1.807) is 0 Å². The van der Waals surface area contributed by atoms with Crippen molar-refractivity contribution in [1.29, 1.82) is 0 Å². The first kappa shape index (κ1) is 17.2. The van der Waals surface area contributed by atoms with Crippen LogP contribution in [0.25, 0.3) is 0 Å². The summed E-state index contributed by atoms with van der Waals surface area (Å²) in [6.45, 7) is 3.02. The lowest BCUT2D eigenvalue weighted by Gasteiger charge is -2.24. The SMILES string of the molecule is Cc1ccc(C2Cn3nnc(C(=O)NC4CCCCCC4)c3CO2)cc1. The molecule has 0 radical (unpaired) electrons. The Morgan fingerprint density at radius 2 is 1.88 bits per heavy atom. The van der Waals surface area contributed by atoms with Crippen LogP contribution in [-0.2, 0) is 17.9 Å². The lowest BCUT2D eigenvalue weighted by Crippen LogP contribution is -2.35. The molecule has 138 valence electrons. The van der Waals surface area contributed by atoms with Crippen molar-refractivity contribution >= 4 is 5.91 Å². The smallest absolute Gasteiger partial charge is 0.274 e. The van der Waals surface area contributed by atoms with Gasteiger partial charge in [0.05, 0.1) is 18.8 Å². The van der Waals surface area contributed by atoms with Crippen LogP contribution in [0, 0.1) is 6.92 Å². The predicted molar refractivity (Wildman–Crippen MR) is 97.7 cm³/mol. The zero-order valence-electron chi connectivity index (χ0n) is 15.3. The van der Waals surface area contributed by atoms with Crippen LogP contribution in [0.2, 0.25) is 0 Å². The molecule has 2 heterocycles. The summed E-state index contributed by atoms with van der Waals surface area (Å²) in [7, 11) is 0. The molecule has 1 aromatic heterocycles. The topological polar surface area (TPSA) is 69.0 Å². The molecule has 0 saturated heterocycles. The highest BCUT2D eigenvalue weighted by Gasteiger charge is 2.28. The van der Waals surface area contributed by atoms with Crippen molar-refractivity contribution in [2.75, 3.05) is 0 Å². The summed E-state index contributed by atoms with van der Waals surface area (Å²) < 4.78 is 7.82. The van der Waals surface area contributed by atoms with Gasteiger partial charge >= 0.3 is 0 Å². The molecule has 2 aliphatic rings. The Morgan fingerprint density at radius 3 is 2.62 bits per heavy atom. The second kappa shape index (κ2) is 7.58. The summed E-state index contributed by atoms with van der Waals surface area (Å²) in [5.41, 5.74) is 3.54. The predicted octanol–water partition coefficient (Wildman–Crippen LogP) is 3.31. The van der Waals surface area contributed by atoms with Crippen molar-refractivity contribution in [3.63, 3.8) is 0 Å². The van der Waals surface area contributed by atoms with E-state index in [-0.39, 0.29) is 18.1 Å². The minimum absolute atomic E-state index is 0.0532. The molecule has 0 spiro atoms. The molecule has 26 heavy (non-hydrogen) atoms. The van der Waals surface area contributed by atoms with Crippen LogP contribution >= 0.6 is 0 Å². The standard InChI is InChI=1S/C20H26N4O2/c1-14-8-10-15(11-9-14)18-12-24-17(13-26-18)19(22-23-24)20(25)21-16-6-4-2-3-5-7-16/h8-11,16,18H,2-7,12-13H2,1H3,(H,21,25). The Balaban J connectivity index is 1.45. The molecule has 1 amide bonds. The fourth-order valence-corrected chi connectivity index (χ4v) is 3.85. The number of aryl methyl sites for hydroxylation is 1. The second-order valence-corrected chi connectivity index (χ2v) is 7.44. The van der Waals surface area contributed by atoms with Crippen LogP contribution in [-0.4, -0.2) is 26.9 Å². The number of benzene rings is 1. The fraction of sp³-hybridized carbons (Fsp3) is 0.550. The van der Waals surface area contributed by atoms with Gasteiger partial charge in [0.25, 0.3) is 5.91 Å². The van der Waals surface area contributed by atoms with Crippen LogP contribution in [0.1, 0.15) is 71.9 Å². The monoisotopic (exact) mass is 354 g/mol. The first-order valence-corrected chi connectivity index (χ1v) is 9.62. The number of ether oxygens (including phenoxy) is 1. The summed E-state index contributed by atoms with van der Waals surface area (Å²) >= 11 is 0. The lowest BCUT2D eigenvalue weighted by atomic mass is 10.1. The van der Waals surface area contributed by atoms with E-state index in [4.69, 9.17) is 4.74 Å². The number of hydrogen-bond donors (Lipinski definition) is 1. The number of carbonyl (C=O) groups excluding carboxylic acids is 1. The Bertz CT molecular complexity index is 761. The first-order chi connectivity index (χ1) is 12.7. The number of nitrogens with zero attached hydrogens (tertiary/aromatic N) is 3. The average molecular weight is 354 g/mol. The summed E-state index contributed by atoms with van der Waals surface area (Å²) in [4.78, 5) is 12.7. The molecule has 1 unspecified atom stereocenters. The van der Waals surface area contributed by atoms with E-state index in [0.29, 0.717) is 18.8 Å². The van der Waals surface area contributed by atoms with Gasteiger partial charge in [-0.05, 0) is 25.3 Å². The van der Waals surface area contributed by atoms with E-state index >= 15 is 0 Å². The molecule has 1 aliphatic carbocycles. The van der Waals surface area contributed by atoms with E-state index in [1.165, 1.54) is 31.2 Å². The molecule has 6 nitrogen and oxygen atoms in total. The largest absolute Gasteiger partial charge is 0.365 e. The van der Waals surface area contributed by atoms with Gasteiger partial charge in [-0.3, -0.25) is 4.79 Å². The second-order valence-electron chi connectivity index (χ2n) is 7.44. The van der Waals surface area contributed by atoms with Gasteiger partial charge in [0.15, 0.2) is 5.69 Å². The highest BCUT2D eigenvalue weighted by Crippen LogP contribution is 2.27. The van der Waals surface area contributed by atoms with Crippen LogP contribution in [0.15, 0.2) is 24.3 Å². The van der Waals surface area contributed by atoms with Gasteiger partial charge < -0.3 is 10.1 Å². The molecule has 4 rings (SSSR count). The number of amides is 1. The van der Waals surface area contributed by atoms with Gasteiger partial charge in [0.2, 0.25) is 0 Å². The zero-order chi connectivity index (χ0) is 17.9. The summed E-state index contributed by atoms with van der Waals surface area (Å²) in [6, 6.07) is 8.60. The van der Waals surface area contributed by atoms with Gasteiger partial charge in [0.1, 0.15) is 6.10 Å². The van der Waals surface area contributed by atoms with E-state index in [0.717, 1.165) is 24.1 Å². The van der Waals surface area contributed by atoms with Gasteiger partial charge in [-0.15, -0.1) is 5.10 Å². The van der Waals surface area contributed by atoms with E-state index in [2.05, 4.69) is 46.8 Å². The minimum Gasteiger partial charge on any atom is -0.365 e. The van der Waals surface area contributed by atoms with Crippen molar-refractivity contribution < 1.29 is 9.53 Å². The number of rotatable bonds is 3. The van der Waals surface area contributed by atoms with Gasteiger partial charge in [-0.2, -0.15) is 0 Å². The highest BCUT2D eigenvalue weighted by atomic mass is 16.5. The Morgan fingerprint density at radius 1 is 1.15 bits per heavy atom. The molecule has 2 aromatic rings. The molecule has 1 N–H and O–H groups in total. The Labute approximate surface area is 153 Å². The molecular formula is C20H26N4O2. The maximum absolute atomic E-state index is 12.7. The van der Waals surface area contributed by atoms with Crippen LogP contribution in [0.3, 0.4) is 0 Å². The maximum Gasteiger partial charge on any atom is 0.274 e. The first-order valence-electron chi connectivity index (χ1n) is 9.62. The highest BCUT2D eigenvalue weighted by molar-refractivity contribution is 5.93. The molecule has 1 aromatic carbocycles. The Kier molecular flexibility index (Phi) is 5.02. The average Bonchev–Trinajstić information content (AvgIpc) is 2.91. The van der Waals surface area contributed by atoms with Gasteiger partial charge in [0, 0.05) is 6.04 Å². The molecular weight excluding hydrogens is 328 g/mol. The van der Waals surface area contributed by atoms with E-state index in [9.17, 15) is 4.79 Å². The van der Waals surface area contributed by atoms with Crippen molar-refractivity contribution in [2.45, 2.75) is 70.7 Å². The summed E-state index contributed by atoms with van der Waals surface area (Å²) in [5.74, 6) is -0.115. The fourth-order valence-electron chi connectivity index (χ4n) is 3.85. The van der Waals surface area contributed by atoms with Crippen LogP contribution < -0.4 is 5.32 Å². The minimum atomic E-state index is -0.115. The van der Waals surface area contributed by atoms with Crippen molar-refractivity contribution in [2.24, 2.45) is 0 Å². The molecule has 6 heteroatoms. The maximum atomic E-state index is 12.7. The molecule has 0 bridgehead atoms. The summed E-state index contributed by atoms with van der Waals surface area (Å²) in [6.07, 6.45) is 6.96. The number of nitrogens with one attached hydrogen (secondary N) is 1. The third-order valence-electron chi connectivity index (χ3n) is 5.45. The number of fused-ring (bicyclic) bond motifs is 1. The van der Waals surface area contributed by atoms with Gasteiger partial charge in [-0.1, -0.05) is 60.7 Å². The summed E-state index contributed by atoms with van der Waals surface area (Å²) in [5, 5.41) is 11.5.